The summed E-state index contributed by atoms with van der Waals surface area (Å²) >= 11 is 6.09. The van der Waals surface area contributed by atoms with Crippen LogP contribution < -0.4 is 16.8 Å². The monoisotopic (exact) mass is 290 g/mol. The molecule has 0 saturated carbocycles. The molecular weight excluding hydrogens is 280 g/mol. The number of carbonyl (C=O) groups excluding carboxylic acids is 2. The number of amides is 2. The van der Waals surface area contributed by atoms with Crippen LogP contribution in [0.1, 0.15) is 11.5 Å². The van der Waals surface area contributed by atoms with Crippen molar-refractivity contribution < 1.29 is 9.59 Å². The maximum absolute atomic E-state index is 11.9. The van der Waals surface area contributed by atoms with E-state index in [1.165, 1.54) is 0 Å². The maximum atomic E-state index is 11.9. The van der Waals surface area contributed by atoms with Gasteiger partial charge in [-0.25, -0.2) is 0 Å². The molecular formula is C13H11ClN4O2. The Hall–Kier alpha value is -2.52. The molecule has 2 rings (SSSR count). The third-order valence-electron chi connectivity index (χ3n) is 3.14. The summed E-state index contributed by atoms with van der Waals surface area (Å²) in [5.74, 6) is -3.66. The highest BCUT2D eigenvalue weighted by atomic mass is 35.5. The second-order valence-corrected chi connectivity index (χ2v) is 4.71. The zero-order chi connectivity index (χ0) is 14.9. The van der Waals surface area contributed by atoms with Crippen molar-refractivity contribution in [1.29, 1.82) is 5.26 Å². The second-order valence-electron chi connectivity index (χ2n) is 4.31. The minimum Gasteiger partial charge on any atom is -0.384 e. The van der Waals surface area contributed by atoms with Crippen molar-refractivity contribution in [2.75, 3.05) is 0 Å². The molecule has 1 aliphatic rings. The minimum absolute atomic E-state index is 0.0708. The Balaban J connectivity index is 2.68. The zero-order valence-electron chi connectivity index (χ0n) is 10.3. The lowest BCUT2D eigenvalue weighted by atomic mass is 9.77. The first kappa shape index (κ1) is 13.9. The molecule has 2 atom stereocenters. The van der Waals surface area contributed by atoms with E-state index in [9.17, 15) is 14.9 Å². The Kier molecular flexibility index (Phi) is 3.63. The number of carbonyl (C=O) groups is 2. The van der Waals surface area contributed by atoms with Gasteiger partial charge in [0.2, 0.25) is 11.8 Å². The number of benzene rings is 1. The molecule has 0 unspecified atom stereocenters. The molecule has 102 valence electrons. The highest BCUT2D eigenvalue weighted by molar-refractivity contribution is 6.31. The molecule has 6 nitrogen and oxygen atoms in total. The number of nitriles is 1. The van der Waals surface area contributed by atoms with E-state index in [0.29, 0.717) is 10.6 Å². The fraction of sp³-hybridized carbons (Fsp3) is 0.154. The van der Waals surface area contributed by atoms with Crippen LogP contribution in [-0.2, 0) is 9.59 Å². The van der Waals surface area contributed by atoms with E-state index in [0.717, 1.165) is 0 Å². The molecule has 0 fully saturated rings. The quantitative estimate of drug-likeness (QED) is 0.680. The Morgan fingerprint density at radius 3 is 2.60 bits per heavy atom. The number of nitrogens with two attached hydrogens (primary N) is 2. The first-order valence-electron chi connectivity index (χ1n) is 5.71. The highest BCUT2D eigenvalue weighted by Crippen LogP contribution is 2.38. The molecule has 20 heavy (non-hydrogen) atoms. The fourth-order valence-corrected chi connectivity index (χ4v) is 2.50. The molecule has 2 amide bonds. The summed E-state index contributed by atoms with van der Waals surface area (Å²) in [7, 11) is 0. The van der Waals surface area contributed by atoms with Crippen LogP contribution >= 0.6 is 11.6 Å². The highest BCUT2D eigenvalue weighted by Gasteiger charge is 2.42. The zero-order valence-corrected chi connectivity index (χ0v) is 11.0. The van der Waals surface area contributed by atoms with Crippen LogP contribution in [0, 0.1) is 17.2 Å². The van der Waals surface area contributed by atoms with Gasteiger partial charge >= 0.3 is 0 Å². The first-order valence-corrected chi connectivity index (χ1v) is 6.09. The van der Waals surface area contributed by atoms with E-state index >= 15 is 0 Å². The van der Waals surface area contributed by atoms with Crippen LogP contribution in [0.5, 0.6) is 0 Å². The summed E-state index contributed by atoms with van der Waals surface area (Å²) in [4.78, 5) is 23.5. The molecule has 0 aliphatic carbocycles. The maximum Gasteiger partial charge on any atom is 0.239 e. The molecule has 0 radical (unpaired) electrons. The van der Waals surface area contributed by atoms with Crippen molar-refractivity contribution in [2.45, 2.75) is 5.92 Å². The summed E-state index contributed by atoms with van der Waals surface area (Å²) in [5.41, 5.74) is 11.5. The molecule has 0 bridgehead atoms. The van der Waals surface area contributed by atoms with Crippen molar-refractivity contribution in [3.05, 3.63) is 46.2 Å². The third-order valence-corrected chi connectivity index (χ3v) is 3.49. The van der Waals surface area contributed by atoms with E-state index in [-0.39, 0.29) is 11.4 Å². The number of halogens is 1. The summed E-state index contributed by atoms with van der Waals surface area (Å²) in [6, 6.07) is 8.54. The lowest BCUT2D eigenvalue weighted by Gasteiger charge is -2.30. The van der Waals surface area contributed by atoms with Crippen LogP contribution in [0.25, 0.3) is 0 Å². The number of allylic oxidation sites excluding steroid dienone is 1. The number of hydrogen-bond acceptors (Lipinski definition) is 4. The summed E-state index contributed by atoms with van der Waals surface area (Å²) in [6.45, 7) is 0. The molecule has 0 spiro atoms. The van der Waals surface area contributed by atoms with Crippen LogP contribution in [-0.4, -0.2) is 11.8 Å². The predicted octanol–water partition coefficient (Wildman–Crippen LogP) is 0.349. The van der Waals surface area contributed by atoms with Gasteiger partial charge in [0.25, 0.3) is 0 Å². The van der Waals surface area contributed by atoms with Crippen molar-refractivity contribution in [3.63, 3.8) is 0 Å². The van der Waals surface area contributed by atoms with Crippen LogP contribution in [0.4, 0.5) is 0 Å². The summed E-state index contributed by atoms with van der Waals surface area (Å²) in [5, 5.41) is 11.9. The summed E-state index contributed by atoms with van der Waals surface area (Å²) in [6.07, 6.45) is 0. The first-order chi connectivity index (χ1) is 9.47. The largest absolute Gasteiger partial charge is 0.384 e. The molecule has 7 heteroatoms. The second kappa shape index (κ2) is 5.23. The lowest BCUT2D eigenvalue weighted by molar-refractivity contribution is -0.134. The van der Waals surface area contributed by atoms with Gasteiger partial charge in [-0.3, -0.25) is 9.59 Å². The van der Waals surface area contributed by atoms with Gasteiger partial charge < -0.3 is 16.8 Å². The van der Waals surface area contributed by atoms with Gasteiger partial charge in [0.05, 0.1) is 11.6 Å². The van der Waals surface area contributed by atoms with E-state index in [1.807, 2.05) is 6.07 Å². The van der Waals surface area contributed by atoms with Gasteiger partial charge in [0.15, 0.2) is 0 Å². The normalized spacial score (nSPS) is 22.1. The summed E-state index contributed by atoms with van der Waals surface area (Å²) < 4.78 is 0. The van der Waals surface area contributed by atoms with Crippen molar-refractivity contribution in [2.24, 2.45) is 17.4 Å². The van der Waals surface area contributed by atoms with Crippen LogP contribution in [0.3, 0.4) is 0 Å². The van der Waals surface area contributed by atoms with Gasteiger partial charge in [-0.05, 0) is 11.6 Å². The van der Waals surface area contributed by atoms with Crippen LogP contribution in [0.2, 0.25) is 5.02 Å². The Morgan fingerprint density at radius 2 is 2.05 bits per heavy atom. The minimum atomic E-state index is -1.23. The molecule has 0 aromatic heterocycles. The SMILES string of the molecule is N#CC1=C(N)NC(=O)[C@H](C(N)=O)[C@H]1c1ccccc1Cl. The fourth-order valence-electron chi connectivity index (χ4n) is 2.25. The molecule has 1 aromatic rings. The van der Waals surface area contributed by atoms with Gasteiger partial charge in [-0.2, -0.15) is 5.26 Å². The average molecular weight is 291 g/mol. The number of primary amides is 1. The number of nitrogens with zero attached hydrogens (tertiary/aromatic N) is 1. The van der Waals surface area contributed by atoms with E-state index in [2.05, 4.69) is 5.32 Å². The van der Waals surface area contributed by atoms with Crippen molar-refractivity contribution >= 4 is 23.4 Å². The molecule has 1 aliphatic heterocycles. The van der Waals surface area contributed by atoms with Gasteiger partial charge in [0.1, 0.15) is 11.7 Å². The molecule has 1 heterocycles. The number of rotatable bonds is 2. The van der Waals surface area contributed by atoms with E-state index < -0.39 is 23.7 Å². The van der Waals surface area contributed by atoms with Crippen molar-refractivity contribution in [1.82, 2.24) is 5.32 Å². The van der Waals surface area contributed by atoms with Gasteiger partial charge in [-0.1, -0.05) is 29.8 Å². The Labute approximate surface area is 120 Å². The Bertz CT molecular complexity index is 663. The average Bonchev–Trinajstić information content (AvgIpc) is 2.38. The van der Waals surface area contributed by atoms with Gasteiger partial charge in [0, 0.05) is 10.9 Å². The standard InChI is InChI=1S/C13H11ClN4O2/c14-8-4-2-1-3-6(8)9-7(5-15)11(16)18-13(20)10(9)12(17)19/h1-4,9-10H,16H2,(H2,17,19)(H,18,20)/t9-,10-/m0/s1. The van der Waals surface area contributed by atoms with E-state index in [4.69, 9.17) is 23.1 Å². The third kappa shape index (κ3) is 2.19. The molecule has 5 N–H and O–H groups in total. The van der Waals surface area contributed by atoms with E-state index in [1.54, 1.807) is 24.3 Å². The molecule has 1 aromatic carbocycles. The lowest BCUT2D eigenvalue weighted by Crippen LogP contribution is -2.48. The van der Waals surface area contributed by atoms with Crippen molar-refractivity contribution in [3.8, 4) is 6.07 Å². The van der Waals surface area contributed by atoms with Crippen LogP contribution in [0.15, 0.2) is 35.7 Å². The Morgan fingerprint density at radius 1 is 1.40 bits per heavy atom. The topological polar surface area (TPSA) is 122 Å². The number of nitrogens with one attached hydrogen (secondary N) is 1. The smallest absolute Gasteiger partial charge is 0.239 e. The van der Waals surface area contributed by atoms with Gasteiger partial charge in [-0.15, -0.1) is 0 Å². The predicted molar refractivity (Wildman–Crippen MR) is 71.8 cm³/mol. The number of hydrogen-bond donors (Lipinski definition) is 3. The molecule has 0 saturated heterocycles.